The molecule has 0 fully saturated rings. The van der Waals surface area contributed by atoms with Gasteiger partial charge < -0.3 is 10.2 Å². The number of aromatic nitrogens is 2. The van der Waals surface area contributed by atoms with E-state index in [1.807, 2.05) is 48.7 Å². The van der Waals surface area contributed by atoms with E-state index in [0.717, 1.165) is 17.0 Å². The van der Waals surface area contributed by atoms with Crippen molar-refractivity contribution >= 4 is 22.4 Å². The Bertz CT molecular complexity index is 1240. The van der Waals surface area contributed by atoms with Crippen LogP contribution >= 0.6 is 0 Å². The molecule has 0 radical (unpaired) electrons. The standard InChI is InChI=1S/C25H22N4O2/c30-25(26-17-18-6-3-10-22(14-18)29-13-5-12-27-29)24-16-21(28-31-24)15-20-9-4-8-19-7-1-2-11-23(19)20/h1-14,24H,15-17H2,(H,26,30). The lowest BCUT2D eigenvalue weighted by Gasteiger charge is -2.11. The van der Waals surface area contributed by atoms with Crippen molar-refractivity contribution < 1.29 is 9.63 Å². The Morgan fingerprint density at radius 2 is 1.94 bits per heavy atom. The number of carbonyl (C=O) groups is 1. The molecule has 0 spiro atoms. The molecule has 1 aliphatic heterocycles. The Morgan fingerprint density at radius 3 is 2.84 bits per heavy atom. The molecule has 6 nitrogen and oxygen atoms in total. The summed E-state index contributed by atoms with van der Waals surface area (Å²) in [6, 6.07) is 24.3. The first-order valence-electron chi connectivity index (χ1n) is 10.3. The second-order valence-electron chi connectivity index (χ2n) is 7.61. The van der Waals surface area contributed by atoms with E-state index >= 15 is 0 Å². The van der Waals surface area contributed by atoms with Crippen molar-refractivity contribution in [2.75, 3.05) is 0 Å². The molecule has 1 aromatic heterocycles. The van der Waals surface area contributed by atoms with Crippen LogP contribution in [0.1, 0.15) is 17.5 Å². The monoisotopic (exact) mass is 410 g/mol. The number of fused-ring (bicyclic) bond motifs is 1. The number of rotatable bonds is 6. The van der Waals surface area contributed by atoms with Gasteiger partial charge in [-0.2, -0.15) is 5.10 Å². The first kappa shape index (κ1) is 19.1. The molecule has 2 heterocycles. The number of carbonyl (C=O) groups excluding carboxylic acids is 1. The largest absolute Gasteiger partial charge is 0.382 e. The van der Waals surface area contributed by atoms with Gasteiger partial charge in [-0.05, 0) is 40.1 Å². The smallest absolute Gasteiger partial charge is 0.264 e. The molecule has 1 atom stereocenters. The van der Waals surface area contributed by atoms with Crippen LogP contribution < -0.4 is 5.32 Å². The quantitative estimate of drug-likeness (QED) is 0.522. The fourth-order valence-electron chi connectivity index (χ4n) is 3.87. The molecular formula is C25H22N4O2. The van der Waals surface area contributed by atoms with Gasteiger partial charge in [0.05, 0.1) is 11.4 Å². The number of nitrogens with zero attached hydrogens (tertiary/aromatic N) is 3. The van der Waals surface area contributed by atoms with Crippen molar-refractivity contribution in [2.45, 2.75) is 25.5 Å². The third-order valence-electron chi connectivity index (χ3n) is 5.44. The van der Waals surface area contributed by atoms with E-state index in [0.29, 0.717) is 19.4 Å². The van der Waals surface area contributed by atoms with Crippen molar-refractivity contribution in [3.8, 4) is 5.69 Å². The average molecular weight is 410 g/mol. The number of oxime groups is 1. The lowest BCUT2D eigenvalue weighted by atomic mass is 9.98. The van der Waals surface area contributed by atoms with Crippen molar-refractivity contribution in [1.82, 2.24) is 15.1 Å². The second-order valence-corrected chi connectivity index (χ2v) is 7.61. The van der Waals surface area contributed by atoms with Gasteiger partial charge in [-0.25, -0.2) is 4.68 Å². The fourth-order valence-corrected chi connectivity index (χ4v) is 3.87. The highest BCUT2D eigenvalue weighted by atomic mass is 16.6. The van der Waals surface area contributed by atoms with Crippen LogP contribution in [0, 0.1) is 0 Å². The lowest BCUT2D eigenvalue weighted by molar-refractivity contribution is -0.131. The van der Waals surface area contributed by atoms with Gasteiger partial charge in [-0.15, -0.1) is 0 Å². The number of hydrogen-bond acceptors (Lipinski definition) is 4. The minimum Gasteiger partial charge on any atom is -0.382 e. The van der Waals surface area contributed by atoms with Crippen LogP contribution in [0.5, 0.6) is 0 Å². The Hall–Kier alpha value is -3.93. The summed E-state index contributed by atoms with van der Waals surface area (Å²) in [5.41, 5.74) is 4.03. The summed E-state index contributed by atoms with van der Waals surface area (Å²) in [7, 11) is 0. The highest BCUT2D eigenvalue weighted by Crippen LogP contribution is 2.22. The zero-order valence-corrected chi connectivity index (χ0v) is 16.9. The average Bonchev–Trinajstić information content (AvgIpc) is 3.51. The molecule has 1 amide bonds. The van der Waals surface area contributed by atoms with E-state index in [9.17, 15) is 4.79 Å². The van der Waals surface area contributed by atoms with Gasteiger partial charge >= 0.3 is 0 Å². The predicted octanol–water partition coefficient (Wildman–Crippen LogP) is 4.03. The molecule has 4 aromatic rings. The fraction of sp³-hybridized carbons (Fsp3) is 0.160. The molecule has 0 bridgehead atoms. The Morgan fingerprint density at radius 1 is 1.06 bits per heavy atom. The van der Waals surface area contributed by atoms with E-state index in [1.165, 1.54) is 16.3 Å². The molecule has 5 rings (SSSR count). The van der Waals surface area contributed by atoms with Crippen LogP contribution in [0.3, 0.4) is 0 Å². The van der Waals surface area contributed by atoms with Gasteiger partial charge in [-0.1, -0.05) is 59.8 Å². The van der Waals surface area contributed by atoms with Crippen LogP contribution in [-0.4, -0.2) is 27.5 Å². The van der Waals surface area contributed by atoms with Crippen molar-refractivity contribution in [3.63, 3.8) is 0 Å². The first-order valence-corrected chi connectivity index (χ1v) is 10.3. The number of hydrogen-bond donors (Lipinski definition) is 1. The maximum atomic E-state index is 12.6. The minimum atomic E-state index is -0.584. The summed E-state index contributed by atoms with van der Waals surface area (Å²) in [5.74, 6) is -0.152. The van der Waals surface area contributed by atoms with E-state index in [-0.39, 0.29) is 5.91 Å². The number of amides is 1. The number of nitrogens with one attached hydrogen (secondary N) is 1. The van der Waals surface area contributed by atoms with Gasteiger partial charge in [0.25, 0.3) is 5.91 Å². The zero-order valence-electron chi connectivity index (χ0n) is 16.9. The van der Waals surface area contributed by atoms with E-state index < -0.39 is 6.10 Å². The van der Waals surface area contributed by atoms with Gasteiger partial charge in [0, 0.05) is 31.8 Å². The first-order chi connectivity index (χ1) is 15.3. The molecule has 3 aromatic carbocycles. The maximum Gasteiger partial charge on any atom is 0.264 e. The summed E-state index contributed by atoms with van der Waals surface area (Å²) >= 11 is 0. The van der Waals surface area contributed by atoms with Crippen molar-refractivity contribution in [3.05, 3.63) is 96.3 Å². The molecular weight excluding hydrogens is 388 g/mol. The topological polar surface area (TPSA) is 68.5 Å². The van der Waals surface area contributed by atoms with Crippen LogP contribution in [-0.2, 0) is 22.6 Å². The zero-order chi connectivity index (χ0) is 21.0. The third kappa shape index (κ3) is 4.19. The Balaban J connectivity index is 1.18. The summed E-state index contributed by atoms with van der Waals surface area (Å²) in [6.45, 7) is 0.423. The van der Waals surface area contributed by atoms with Gasteiger partial charge in [0.1, 0.15) is 0 Å². The van der Waals surface area contributed by atoms with Gasteiger partial charge in [0.15, 0.2) is 0 Å². The second kappa shape index (κ2) is 8.44. The molecule has 1 N–H and O–H groups in total. The molecule has 31 heavy (non-hydrogen) atoms. The molecule has 0 saturated heterocycles. The SMILES string of the molecule is O=C(NCc1cccc(-n2cccn2)c1)C1CC(Cc2cccc3ccccc23)=NO1. The summed E-state index contributed by atoms with van der Waals surface area (Å²) in [4.78, 5) is 18.1. The maximum absolute atomic E-state index is 12.6. The highest BCUT2D eigenvalue weighted by Gasteiger charge is 2.28. The summed E-state index contributed by atoms with van der Waals surface area (Å²) < 4.78 is 1.79. The van der Waals surface area contributed by atoms with E-state index in [2.05, 4.69) is 45.9 Å². The molecule has 154 valence electrons. The van der Waals surface area contributed by atoms with Crippen LogP contribution in [0.15, 0.2) is 90.3 Å². The molecule has 6 heteroatoms. The van der Waals surface area contributed by atoms with Crippen molar-refractivity contribution in [2.24, 2.45) is 5.16 Å². The van der Waals surface area contributed by atoms with Gasteiger partial charge in [0.2, 0.25) is 6.10 Å². The minimum absolute atomic E-state index is 0.152. The molecule has 1 unspecified atom stereocenters. The lowest BCUT2D eigenvalue weighted by Crippen LogP contribution is -2.34. The molecule has 1 aliphatic rings. The third-order valence-corrected chi connectivity index (χ3v) is 5.44. The van der Waals surface area contributed by atoms with Gasteiger partial charge in [-0.3, -0.25) is 4.79 Å². The summed E-state index contributed by atoms with van der Waals surface area (Å²) in [6.07, 6.45) is 4.22. The highest BCUT2D eigenvalue weighted by molar-refractivity contribution is 5.96. The molecule has 0 aliphatic carbocycles. The van der Waals surface area contributed by atoms with Crippen molar-refractivity contribution in [1.29, 1.82) is 0 Å². The Labute approximate surface area is 180 Å². The Kier molecular flexibility index (Phi) is 5.19. The van der Waals surface area contributed by atoms with E-state index in [4.69, 9.17) is 4.84 Å². The summed E-state index contributed by atoms with van der Waals surface area (Å²) in [5, 5.41) is 13.8. The normalized spacial score (nSPS) is 15.5. The van der Waals surface area contributed by atoms with E-state index in [1.54, 1.807) is 10.9 Å². The van der Waals surface area contributed by atoms with Crippen LogP contribution in [0.2, 0.25) is 0 Å². The van der Waals surface area contributed by atoms with Crippen LogP contribution in [0.4, 0.5) is 0 Å². The number of benzene rings is 3. The predicted molar refractivity (Wildman–Crippen MR) is 120 cm³/mol. The molecule has 0 saturated carbocycles. The van der Waals surface area contributed by atoms with Crippen LogP contribution in [0.25, 0.3) is 16.5 Å².